The largest absolute Gasteiger partial charge is 0.379 e. The number of rotatable bonds is 5. The van der Waals surface area contributed by atoms with Crippen LogP contribution in [0.2, 0.25) is 0 Å². The van der Waals surface area contributed by atoms with Crippen LogP contribution in [0.15, 0.2) is 4.99 Å². The lowest BCUT2D eigenvalue weighted by atomic mass is 9.95. The number of morpholine rings is 1. The molecule has 0 aromatic heterocycles. The first-order valence-electron chi connectivity index (χ1n) is 9.78. The van der Waals surface area contributed by atoms with Crippen molar-refractivity contribution in [1.29, 1.82) is 0 Å². The maximum absolute atomic E-state index is 5.56. The maximum Gasteiger partial charge on any atom is 0.191 e. The highest BCUT2D eigenvalue weighted by Gasteiger charge is 2.40. The van der Waals surface area contributed by atoms with Crippen LogP contribution in [-0.4, -0.2) is 73.3 Å². The summed E-state index contributed by atoms with van der Waals surface area (Å²) >= 11 is 2.08. The van der Waals surface area contributed by atoms with Gasteiger partial charge in [0.05, 0.1) is 25.3 Å². The van der Waals surface area contributed by atoms with Crippen LogP contribution in [0.3, 0.4) is 0 Å². The van der Waals surface area contributed by atoms with Gasteiger partial charge in [-0.05, 0) is 31.9 Å². The summed E-state index contributed by atoms with van der Waals surface area (Å²) in [6.45, 7) is 7.85. The average molecular weight is 355 g/mol. The van der Waals surface area contributed by atoms with Gasteiger partial charge in [-0.2, -0.15) is 11.8 Å². The van der Waals surface area contributed by atoms with E-state index < -0.39 is 0 Å². The highest BCUT2D eigenvalue weighted by atomic mass is 32.2. The molecule has 3 fully saturated rings. The Balaban J connectivity index is 1.63. The van der Waals surface area contributed by atoms with Crippen molar-refractivity contribution in [3.05, 3.63) is 0 Å². The van der Waals surface area contributed by atoms with E-state index in [0.29, 0.717) is 6.04 Å². The SMILES string of the molecule is CCNC(=NCC1(N2CCOCC2)CCSC1)NC1CCCCC1. The van der Waals surface area contributed by atoms with E-state index in [4.69, 9.17) is 9.73 Å². The van der Waals surface area contributed by atoms with Gasteiger partial charge in [0.2, 0.25) is 0 Å². The Hall–Kier alpha value is -0.460. The third kappa shape index (κ3) is 4.79. The van der Waals surface area contributed by atoms with Crippen LogP contribution in [0.25, 0.3) is 0 Å². The van der Waals surface area contributed by atoms with Crippen molar-refractivity contribution in [2.75, 3.05) is 50.9 Å². The highest BCUT2D eigenvalue weighted by Crippen LogP contribution is 2.34. The number of thioether (sulfide) groups is 1. The van der Waals surface area contributed by atoms with Crippen molar-refractivity contribution in [3.63, 3.8) is 0 Å². The minimum Gasteiger partial charge on any atom is -0.379 e. The van der Waals surface area contributed by atoms with E-state index in [0.717, 1.165) is 45.4 Å². The molecule has 2 saturated heterocycles. The number of hydrogen-bond donors (Lipinski definition) is 2. The van der Waals surface area contributed by atoms with Gasteiger partial charge in [0.25, 0.3) is 0 Å². The van der Waals surface area contributed by atoms with Crippen LogP contribution < -0.4 is 10.6 Å². The van der Waals surface area contributed by atoms with Gasteiger partial charge in [-0.3, -0.25) is 9.89 Å². The molecule has 0 amide bonds. The van der Waals surface area contributed by atoms with Crippen LogP contribution in [-0.2, 0) is 4.74 Å². The van der Waals surface area contributed by atoms with Crippen LogP contribution in [0.4, 0.5) is 0 Å². The minimum absolute atomic E-state index is 0.239. The van der Waals surface area contributed by atoms with Crippen LogP contribution in [0, 0.1) is 0 Å². The zero-order chi connectivity index (χ0) is 16.7. The first kappa shape index (κ1) is 18.3. The number of aliphatic imine (C=N–C) groups is 1. The number of ether oxygens (including phenoxy) is 1. The standard InChI is InChI=1S/C18H34N4OS/c1-2-19-17(21-16-6-4-3-5-7-16)20-14-18(8-13-24-15-18)22-9-11-23-12-10-22/h16H,2-15H2,1H3,(H2,19,20,21). The van der Waals surface area contributed by atoms with E-state index >= 15 is 0 Å². The molecule has 6 heteroatoms. The molecular weight excluding hydrogens is 320 g/mol. The van der Waals surface area contributed by atoms with Crippen molar-refractivity contribution in [1.82, 2.24) is 15.5 Å². The third-order valence-corrected chi connectivity index (χ3v) is 6.82. The topological polar surface area (TPSA) is 48.9 Å². The molecule has 3 aliphatic rings. The van der Waals surface area contributed by atoms with Crippen molar-refractivity contribution >= 4 is 17.7 Å². The molecule has 0 aromatic carbocycles. The maximum atomic E-state index is 5.56. The van der Waals surface area contributed by atoms with E-state index in [1.54, 1.807) is 0 Å². The number of hydrogen-bond acceptors (Lipinski definition) is 4. The van der Waals surface area contributed by atoms with Gasteiger partial charge < -0.3 is 15.4 Å². The van der Waals surface area contributed by atoms with E-state index in [1.807, 2.05) is 0 Å². The first-order chi connectivity index (χ1) is 11.8. The summed E-state index contributed by atoms with van der Waals surface area (Å²) in [6.07, 6.45) is 7.92. The highest BCUT2D eigenvalue weighted by molar-refractivity contribution is 7.99. The summed E-state index contributed by atoms with van der Waals surface area (Å²) in [4.78, 5) is 7.68. The van der Waals surface area contributed by atoms with Crippen LogP contribution >= 0.6 is 11.8 Å². The molecule has 2 heterocycles. The monoisotopic (exact) mass is 354 g/mol. The molecule has 2 N–H and O–H groups in total. The Kier molecular flexibility index (Phi) is 7.10. The second kappa shape index (κ2) is 9.30. The van der Waals surface area contributed by atoms with Crippen molar-refractivity contribution in [2.45, 2.75) is 57.0 Å². The summed E-state index contributed by atoms with van der Waals surface area (Å²) in [6, 6.07) is 0.605. The first-order valence-corrected chi connectivity index (χ1v) is 10.9. The van der Waals surface area contributed by atoms with Gasteiger partial charge in [0, 0.05) is 31.4 Å². The lowest BCUT2D eigenvalue weighted by Gasteiger charge is -2.42. The lowest BCUT2D eigenvalue weighted by molar-refractivity contribution is -0.0104. The van der Waals surface area contributed by atoms with Gasteiger partial charge in [-0.15, -0.1) is 0 Å². The molecule has 138 valence electrons. The number of nitrogens with one attached hydrogen (secondary N) is 2. The summed E-state index contributed by atoms with van der Waals surface area (Å²) in [5.41, 5.74) is 0.239. The van der Waals surface area contributed by atoms with E-state index in [9.17, 15) is 0 Å². The lowest BCUT2D eigenvalue weighted by Crippen LogP contribution is -2.56. The fourth-order valence-electron chi connectivity index (χ4n) is 4.09. The van der Waals surface area contributed by atoms with Gasteiger partial charge in [0.15, 0.2) is 5.96 Å². The molecule has 3 rings (SSSR count). The molecule has 1 atom stereocenters. The van der Waals surface area contributed by atoms with Crippen molar-refractivity contribution in [3.8, 4) is 0 Å². The van der Waals surface area contributed by atoms with Crippen LogP contribution in [0.5, 0.6) is 0 Å². The quantitative estimate of drug-likeness (QED) is 0.585. The second-order valence-electron chi connectivity index (χ2n) is 7.30. The minimum atomic E-state index is 0.239. The summed E-state index contributed by atoms with van der Waals surface area (Å²) in [5, 5.41) is 7.15. The molecule has 0 radical (unpaired) electrons. The molecule has 0 aromatic rings. The zero-order valence-corrected chi connectivity index (χ0v) is 16.0. The summed E-state index contributed by atoms with van der Waals surface area (Å²) in [7, 11) is 0. The Bertz CT molecular complexity index is 400. The van der Waals surface area contributed by atoms with E-state index in [-0.39, 0.29) is 5.54 Å². The molecule has 1 saturated carbocycles. The Morgan fingerprint density at radius 2 is 2.04 bits per heavy atom. The van der Waals surface area contributed by atoms with Gasteiger partial charge >= 0.3 is 0 Å². The molecule has 0 spiro atoms. The molecule has 0 bridgehead atoms. The molecular formula is C18H34N4OS. The average Bonchev–Trinajstić information content (AvgIpc) is 3.12. The van der Waals surface area contributed by atoms with Gasteiger partial charge in [0.1, 0.15) is 0 Å². The fourth-order valence-corrected chi connectivity index (χ4v) is 5.56. The van der Waals surface area contributed by atoms with Crippen molar-refractivity contribution in [2.24, 2.45) is 4.99 Å². The summed E-state index contributed by atoms with van der Waals surface area (Å²) < 4.78 is 5.56. The smallest absolute Gasteiger partial charge is 0.191 e. The molecule has 2 aliphatic heterocycles. The Morgan fingerprint density at radius 3 is 2.71 bits per heavy atom. The van der Waals surface area contributed by atoms with Crippen LogP contribution in [0.1, 0.15) is 45.4 Å². The summed E-state index contributed by atoms with van der Waals surface area (Å²) in [5.74, 6) is 3.49. The third-order valence-electron chi connectivity index (χ3n) is 5.59. The van der Waals surface area contributed by atoms with Crippen molar-refractivity contribution < 1.29 is 4.74 Å². The van der Waals surface area contributed by atoms with Gasteiger partial charge in [-0.1, -0.05) is 19.3 Å². The second-order valence-corrected chi connectivity index (χ2v) is 8.41. The Morgan fingerprint density at radius 1 is 1.25 bits per heavy atom. The molecule has 5 nitrogen and oxygen atoms in total. The molecule has 1 unspecified atom stereocenters. The Labute approximate surface area is 151 Å². The molecule has 24 heavy (non-hydrogen) atoms. The normalized spacial score (nSPS) is 30.5. The number of guanidine groups is 1. The fraction of sp³-hybridized carbons (Fsp3) is 0.944. The predicted octanol–water partition coefficient (Wildman–Crippen LogP) is 2.08. The van der Waals surface area contributed by atoms with E-state index in [2.05, 4.69) is 34.2 Å². The zero-order valence-electron chi connectivity index (χ0n) is 15.2. The van der Waals surface area contributed by atoms with Gasteiger partial charge in [-0.25, -0.2) is 0 Å². The number of nitrogens with zero attached hydrogens (tertiary/aromatic N) is 2. The van der Waals surface area contributed by atoms with E-state index in [1.165, 1.54) is 50.0 Å². The molecule has 1 aliphatic carbocycles. The predicted molar refractivity (Wildman–Crippen MR) is 103 cm³/mol.